The van der Waals surface area contributed by atoms with Crippen LogP contribution in [0, 0.1) is 6.92 Å². The second kappa shape index (κ2) is 6.92. The quantitative estimate of drug-likeness (QED) is 0.537. The maximum Gasteiger partial charge on any atom is 0.291 e. The third-order valence-electron chi connectivity index (χ3n) is 5.71. The van der Waals surface area contributed by atoms with Crippen molar-refractivity contribution in [2.45, 2.75) is 39.3 Å². The van der Waals surface area contributed by atoms with Crippen molar-refractivity contribution in [2.24, 2.45) is 0 Å². The predicted molar refractivity (Wildman–Crippen MR) is 109 cm³/mol. The summed E-state index contributed by atoms with van der Waals surface area (Å²) in [5.41, 5.74) is 4.45. The molecule has 0 bridgehead atoms. The zero-order chi connectivity index (χ0) is 20.0. The number of carbonyl (C=O) groups excluding carboxylic acids is 1. The molecule has 7 nitrogen and oxygen atoms in total. The van der Waals surface area contributed by atoms with Crippen molar-refractivity contribution >= 4 is 22.5 Å². The van der Waals surface area contributed by atoms with E-state index >= 15 is 0 Å². The molecule has 0 radical (unpaired) electrons. The number of hydrogen-bond donors (Lipinski definition) is 0. The molecule has 7 heteroatoms. The van der Waals surface area contributed by atoms with Crippen molar-refractivity contribution in [2.75, 3.05) is 6.54 Å². The zero-order valence-corrected chi connectivity index (χ0v) is 16.3. The lowest BCUT2D eigenvalue weighted by Crippen LogP contribution is -2.36. The van der Waals surface area contributed by atoms with Crippen LogP contribution in [0.3, 0.4) is 0 Å². The Morgan fingerprint density at radius 3 is 2.86 bits per heavy atom. The molecule has 0 saturated carbocycles. The number of aryl methyl sites for hydroxylation is 2. The van der Waals surface area contributed by atoms with Crippen LogP contribution in [-0.4, -0.2) is 31.5 Å². The molecule has 0 spiro atoms. The van der Waals surface area contributed by atoms with Crippen molar-refractivity contribution in [3.8, 4) is 0 Å². The van der Waals surface area contributed by atoms with Crippen LogP contribution in [-0.2, 0) is 24.3 Å². The molecule has 0 aliphatic carbocycles. The monoisotopic (exact) mass is 390 g/mol. The molecule has 1 amide bonds. The highest BCUT2D eigenvalue weighted by molar-refractivity contribution is 5.82. The number of hydrogen-bond acceptors (Lipinski definition) is 4. The number of benzene rings is 1. The Morgan fingerprint density at radius 1 is 1.17 bits per heavy atom. The Bertz CT molecular complexity index is 1280. The van der Waals surface area contributed by atoms with Crippen LogP contribution in [0.4, 0.5) is 0 Å². The van der Waals surface area contributed by atoms with Gasteiger partial charge in [0.15, 0.2) is 5.58 Å². The van der Waals surface area contributed by atoms with Gasteiger partial charge in [-0.2, -0.15) is 5.10 Å². The van der Waals surface area contributed by atoms with Crippen LogP contribution >= 0.6 is 0 Å². The van der Waals surface area contributed by atoms with E-state index in [-0.39, 0.29) is 11.5 Å². The lowest BCUT2D eigenvalue weighted by molar-refractivity contribution is -0.132. The van der Waals surface area contributed by atoms with E-state index in [0.717, 1.165) is 24.3 Å². The van der Waals surface area contributed by atoms with Crippen molar-refractivity contribution in [1.82, 2.24) is 19.1 Å². The van der Waals surface area contributed by atoms with E-state index in [0.29, 0.717) is 37.0 Å². The molecule has 5 rings (SSSR count). The third kappa shape index (κ3) is 3.03. The number of furan rings is 1. The second-order valence-electron chi connectivity index (χ2n) is 7.55. The van der Waals surface area contributed by atoms with Gasteiger partial charge in [0.1, 0.15) is 11.3 Å². The fraction of sp³-hybridized carbons (Fsp3) is 0.318. The summed E-state index contributed by atoms with van der Waals surface area (Å²) in [7, 11) is 0. The number of rotatable bonds is 4. The van der Waals surface area contributed by atoms with Gasteiger partial charge in [0.25, 0.3) is 5.56 Å². The molecule has 0 N–H and O–H groups in total. The Kier molecular flexibility index (Phi) is 4.23. The summed E-state index contributed by atoms with van der Waals surface area (Å²) in [5, 5.41) is 4.44. The van der Waals surface area contributed by atoms with Gasteiger partial charge < -0.3 is 9.32 Å². The number of aromatic nitrogens is 3. The molecule has 0 fully saturated rings. The minimum Gasteiger partial charge on any atom is -0.463 e. The second-order valence-corrected chi connectivity index (χ2v) is 7.55. The summed E-state index contributed by atoms with van der Waals surface area (Å²) in [6.07, 6.45) is 3.49. The Balaban J connectivity index is 1.28. The molecule has 0 saturated heterocycles. The maximum atomic E-state index is 12.8. The first-order valence-corrected chi connectivity index (χ1v) is 9.93. The molecule has 4 heterocycles. The lowest BCUT2D eigenvalue weighted by atomic mass is 9.99. The normalized spacial score (nSPS) is 13.9. The maximum absolute atomic E-state index is 12.8. The molecule has 1 aliphatic heterocycles. The first-order chi connectivity index (χ1) is 14.1. The SMILES string of the molecule is Cc1nn(CCCC(=O)N2CCc3ccccc3C2)c(=O)c2cc3occc3n12. The molecule has 4 aromatic rings. The number of fused-ring (bicyclic) bond motifs is 4. The van der Waals surface area contributed by atoms with Crippen molar-refractivity contribution in [1.29, 1.82) is 0 Å². The fourth-order valence-corrected chi connectivity index (χ4v) is 4.23. The third-order valence-corrected chi connectivity index (χ3v) is 5.71. The smallest absolute Gasteiger partial charge is 0.291 e. The van der Waals surface area contributed by atoms with Gasteiger partial charge in [-0.3, -0.25) is 14.0 Å². The Morgan fingerprint density at radius 2 is 2.00 bits per heavy atom. The van der Waals surface area contributed by atoms with Crippen LogP contribution in [0.1, 0.15) is 29.8 Å². The van der Waals surface area contributed by atoms with Crippen LogP contribution < -0.4 is 5.56 Å². The summed E-state index contributed by atoms with van der Waals surface area (Å²) in [6, 6.07) is 11.9. The summed E-state index contributed by atoms with van der Waals surface area (Å²) in [4.78, 5) is 27.4. The van der Waals surface area contributed by atoms with E-state index in [1.165, 1.54) is 15.8 Å². The van der Waals surface area contributed by atoms with Crippen molar-refractivity contribution in [3.05, 3.63) is 70.0 Å². The number of nitrogens with zero attached hydrogens (tertiary/aromatic N) is 4. The van der Waals surface area contributed by atoms with Gasteiger partial charge in [0.2, 0.25) is 5.91 Å². The van der Waals surface area contributed by atoms with Gasteiger partial charge in [0, 0.05) is 38.2 Å². The van der Waals surface area contributed by atoms with Gasteiger partial charge in [-0.1, -0.05) is 24.3 Å². The molecule has 1 aromatic carbocycles. The first kappa shape index (κ1) is 17.7. The van der Waals surface area contributed by atoms with Crippen LogP contribution in [0.15, 0.2) is 51.9 Å². The van der Waals surface area contributed by atoms with Gasteiger partial charge in [-0.25, -0.2) is 4.68 Å². The van der Waals surface area contributed by atoms with Gasteiger partial charge in [-0.05, 0) is 30.9 Å². The molecule has 3 aromatic heterocycles. The van der Waals surface area contributed by atoms with E-state index in [4.69, 9.17) is 4.42 Å². The molecule has 148 valence electrons. The largest absolute Gasteiger partial charge is 0.463 e. The molecule has 0 atom stereocenters. The summed E-state index contributed by atoms with van der Waals surface area (Å²) < 4.78 is 8.68. The molecule has 29 heavy (non-hydrogen) atoms. The molecule has 1 aliphatic rings. The van der Waals surface area contributed by atoms with E-state index in [1.54, 1.807) is 12.3 Å². The average molecular weight is 390 g/mol. The molecular weight excluding hydrogens is 368 g/mol. The Hall–Kier alpha value is -3.35. The van der Waals surface area contributed by atoms with Crippen LogP contribution in [0.5, 0.6) is 0 Å². The van der Waals surface area contributed by atoms with Gasteiger partial charge >= 0.3 is 0 Å². The minimum atomic E-state index is -0.165. The molecule has 0 unspecified atom stereocenters. The summed E-state index contributed by atoms with van der Waals surface area (Å²) in [6.45, 7) is 3.70. The predicted octanol–water partition coefficient (Wildman–Crippen LogP) is 2.92. The standard InChI is InChI=1S/C22H22N4O3/c1-15-23-25(22(28)19-13-20-18(26(15)19)9-12-29-20)10-4-7-21(27)24-11-8-16-5-2-3-6-17(16)14-24/h2-3,5-6,9,12-13H,4,7-8,10-11,14H2,1H3. The number of amides is 1. The van der Waals surface area contributed by atoms with Gasteiger partial charge in [-0.15, -0.1) is 0 Å². The van der Waals surface area contributed by atoms with Crippen molar-refractivity contribution < 1.29 is 9.21 Å². The highest BCUT2D eigenvalue weighted by atomic mass is 16.3. The van der Waals surface area contributed by atoms with E-state index in [2.05, 4.69) is 17.2 Å². The summed E-state index contributed by atoms with van der Waals surface area (Å²) in [5.74, 6) is 0.848. The first-order valence-electron chi connectivity index (χ1n) is 9.93. The fourth-order valence-electron chi connectivity index (χ4n) is 4.23. The highest BCUT2D eigenvalue weighted by Crippen LogP contribution is 2.21. The van der Waals surface area contributed by atoms with Crippen molar-refractivity contribution in [3.63, 3.8) is 0 Å². The highest BCUT2D eigenvalue weighted by Gasteiger charge is 2.20. The average Bonchev–Trinajstić information content (AvgIpc) is 3.32. The zero-order valence-electron chi connectivity index (χ0n) is 16.3. The van der Waals surface area contributed by atoms with Gasteiger partial charge in [0.05, 0.1) is 11.8 Å². The van der Waals surface area contributed by atoms with Crippen LogP contribution in [0.2, 0.25) is 0 Å². The Labute approximate surface area is 167 Å². The lowest BCUT2D eigenvalue weighted by Gasteiger charge is -2.29. The topological polar surface area (TPSA) is 72.8 Å². The van der Waals surface area contributed by atoms with E-state index in [9.17, 15) is 9.59 Å². The van der Waals surface area contributed by atoms with E-state index in [1.807, 2.05) is 34.4 Å². The molecular formula is C22H22N4O3. The summed E-state index contributed by atoms with van der Waals surface area (Å²) >= 11 is 0. The number of carbonyl (C=O) groups is 1. The van der Waals surface area contributed by atoms with Crippen LogP contribution in [0.25, 0.3) is 16.6 Å². The minimum absolute atomic E-state index is 0.130. The van der Waals surface area contributed by atoms with E-state index < -0.39 is 0 Å².